The number of rotatable bonds is 2. The van der Waals surface area contributed by atoms with Crippen molar-refractivity contribution in [2.45, 2.75) is 18.8 Å². The molecule has 8 heteroatoms. The second kappa shape index (κ2) is 4.75. The number of nitrogens with zero attached hydrogens (tertiary/aromatic N) is 5. The van der Waals surface area contributed by atoms with Crippen LogP contribution in [0.1, 0.15) is 34.8 Å². The number of carbonyl (C=O) groups is 1. The van der Waals surface area contributed by atoms with Gasteiger partial charge in [0.2, 0.25) is 12.2 Å². The van der Waals surface area contributed by atoms with E-state index in [1.807, 2.05) is 18.3 Å². The van der Waals surface area contributed by atoms with Crippen LogP contribution < -0.4 is 4.90 Å². The van der Waals surface area contributed by atoms with Crippen LogP contribution in [-0.2, 0) is 0 Å². The van der Waals surface area contributed by atoms with Crippen LogP contribution in [0.5, 0.6) is 0 Å². The monoisotopic (exact) mass is 341 g/mol. The van der Waals surface area contributed by atoms with E-state index in [1.54, 1.807) is 29.0 Å². The molecule has 1 amide bonds. The molecule has 1 N–H and O–H groups in total. The van der Waals surface area contributed by atoms with E-state index >= 15 is 0 Å². The molecule has 120 valence electrons. The van der Waals surface area contributed by atoms with Gasteiger partial charge in [-0.15, -0.1) is 5.10 Å². The van der Waals surface area contributed by atoms with Gasteiger partial charge in [-0.3, -0.25) is 9.69 Å². The van der Waals surface area contributed by atoms with Crippen LogP contribution in [-0.4, -0.2) is 39.2 Å². The van der Waals surface area contributed by atoms with Crippen molar-refractivity contribution in [1.82, 2.24) is 19.9 Å². The molecule has 1 aromatic heterocycles. The fraction of sp³-hybridized carbons (Fsp3) is 0.250. The van der Waals surface area contributed by atoms with Gasteiger partial charge in [-0.2, -0.15) is 9.67 Å². The highest BCUT2D eigenvalue weighted by Crippen LogP contribution is 2.39. The molecule has 1 unspecified atom stereocenters. The van der Waals surface area contributed by atoms with Crippen LogP contribution >= 0.6 is 11.6 Å². The highest BCUT2D eigenvalue weighted by atomic mass is 35.5. The minimum absolute atomic E-state index is 0.139. The Kier molecular flexibility index (Phi) is 2.75. The number of aromatic nitrogens is 3. The van der Waals surface area contributed by atoms with Gasteiger partial charge in [0.25, 0.3) is 11.7 Å². The molecule has 2 aliphatic heterocycles. The summed E-state index contributed by atoms with van der Waals surface area (Å²) in [6.45, 7) is 0. The summed E-state index contributed by atoms with van der Waals surface area (Å²) in [5.41, 5.74) is 2.31. The summed E-state index contributed by atoms with van der Waals surface area (Å²) in [5.74, 6) is 1.73. The number of quaternary nitrogens is 1. The molecule has 3 aliphatic rings. The van der Waals surface area contributed by atoms with Crippen molar-refractivity contribution >= 4 is 35.4 Å². The average Bonchev–Trinajstić information content (AvgIpc) is 3.14. The Hall–Kier alpha value is -2.51. The minimum Gasteiger partial charge on any atom is -0.268 e. The zero-order valence-electron chi connectivity index (χ0n) is 12.9. The van der Waals surface area contributed by atoms with Crippen molar-refractivity contribution < 1.29 is 9.69 Å². The first kappa shape index (κ1) is 13.9. The summed E-state index contributed by atoms with van der Waals surface area (Å²) in [6.07, 6.45) is 6.00. The minimum atomic E-state index is -0.139. The van der Waals surface area contributed by atoms with Crippen LogP contribution in [0.3, 0.4) is 0 Å². The van der Waals surface area contributed by atoms with Gasteiger partial charge in [0, 0.05) is 19.0 Å². The van der Waals surface area contributed by atoms with E-state index in [1.165, 1.54) is 0 Å². The third kappa shape index (κ3) is 1.82. The number of halogens is 1. The maximum absolute atomic E-state index is 12.8. The third-order valence-corrected chi connectivity index (χ3v) is 4.98. The SMILES string of the molecule is CN1C(=O)c2c(Cl)cccc2[NH+]2C=NC(n3cc(C4CC4)nn3)=C12. The molecule has 7 nitrogen and oxygen atoms in total. The molecule has 2 aromatic rings. The highest BCUT2D eigenvalue weighted by molar-refractivity contribution is 6.34. The quantitative estimate of drug-likeness (QED) is 0.893. The van der Waals surface area contributed by atoms with Crippen molar-refractivity contribution in [3.8, 4) is 0 Å². The number of amides is 1. The van der Waals surface area contributed by atoms with Crippen molar-refractivity contribution in [3.05, 3.63) is 46.5 Å². The van der Waals surface area contributed by atoms with Crippen molar-refractivity contribution in [1.29, 1.82) is 0 Å². The largest absolute Gasteiger partial charge is 0.269 e. The van der Waals surface area contributed by atoms with E-state index in [0.29, 0.717) is 22.3 Å². The molecule has 24 heavy (non-hydrogen) atoms. The number of hydrogen-bond acceptors (Lipinski definition) is 4. The number of nitrogens with one attached hydrogen (secondary N) is 1. The standard InChI is InChI=1S/C16H13ClN6O/c1-21-15-14(23-7-11(19-20-23)9-5-6-9)18-8-22(15)12-4-2-3-10(17)13(12)16(21)24/h2-4,7-9H,5-6H2,1H3/p+1. The van der Waals surface area contributed by atoms with Gasteiger partial charge in [-0.05, 0) is 18.9 Å². The summed E-state index contributed by atoms with van der Waals surface area (Å²) in [4.78, 5) is 19.7. The number of aliphatic imine (C=N–C) groups is 1. The molecule has 0 bridgehead atoms. The van der Waals surface area contributed by atoms with E-state index in [0.717, 1.165) is 34.9 Å². The van der Waals surface area contributed by atoms with Gasteiger partial charge >= 0.3 is 0 Å². The van der Waals surface area contributed by atoms with Gasteiger partial charge in [-0.1, -0.05) is 22.9 Å². The molecular formula is C16H14ClN6O+. The van der Waals surface area contributed by atoms with Crippen LogP contribution in [0, 0.1) is 0 Å². The van der Waals surface area contributed by atoms with Crippen LogP contribution in [0.2, 0.25) is 5.02 Å². The molecule has 1 aliphatic carbocycles. The third-order valence-electron chi connectivity index (χ3n) is 4.66. The number of hydrogen-bond donors (Lipinski definition) is 1. The Labute approximate surface area is 142 Å². The summed E-state index contributed by atoms with van der Waals surface area (Å²) >= 11 is 6.24. The normalized spacial score (nSPS) is 22.2. The average molecular weight is 342 g/mol. The van der Waals surface area contributed by atoms with E-state index in [-0.39, 0.29) is 5.91 Å². The van der Waals surface area contributed by atoms with Gasteiger partial charge in [0.1, 0.15) is 5.56 Å². The lowest BCUT2D eigenvalue weighted by Gasteiger charge is -2.28. The van der Waals surface area contributed by atoms with Crippen LogP contribution in [0.25, 0.3) is 5.82 Å². The number of fused-ring (bicyclic) bond motifs is 3. The van der Waals surface area contributed by atoms with Gasteiger partial charge < -0.3 is 0 Å². The first-order chi connectivity index (χ1) is 11.6. The number of carbonyl (C=O) groups excluding carboxylic acids is 1. The molecule has 0 spiro atoms. The zero-order valence-corrected chi connectivity index (χ0v) is 13.7. The fourth-order valence-corrected chi connectivity index (χ4v) is 3.50. The van der Waals surface area contributed by atoms with E-state index < -0.39 is 0 Å². The van der Waals surface area contributed by atoms with Crippen LogP contribution in [0.15, 0.2) is 35.2 Å². The molecular weight excluding hydrogens is 328 g/mol. The highest BCUT2D eigenvalue weighted by Gasteiger charge is 2.43. The molecule has 1 saturated carbocycles. The Morgan fingerprint density at radius 1 is 1.33 bits per heavy atom. The molecule has 1 aromatic carbocycles. The van der Waals surface area contributed by atoms with Gasteiger partial charge in [-0.25, -0.2) is 4.90 Å². The fourth-order valence-electron chi connectivity index (χ4n) is 3.25. The Balaban J connectivity index is 1.67. The number of benzene rings is 1. The maximum Gasteiger partial charge on any atom is 0.269 e. The molecule has 1 atom stereocenters. The summed E-state index contributed by atoms with van der Waals surface area (Å²) in [6, 6.07) is 5.47. The molecule has 5 rings (SSSR count). The maximum atomic E-state index is 12.8. The van der Waals surface area contributed by atoms with Crippen molar-refractivity contribution in [2.24, 2.45) is 4.99 Å². The van der Waals surface area contributed by atoms with Crippen molar-refractivity contribution in [2.75, 3.05) is 7.05 Å². The predicted octanol–water partition coefficient (Wildman–Crippen LogP) is 1.24. The summed E-state index contributed by atoms with van der Waals surface area (Å²) < 4.78 is 1.66. The summed E-state index contributed by atoms with van der Waals surface area (Å²) in [7, 11) is 1.73. The lowest BCUT2D eigenvalue weighted by Crippen LogP contribution is -3.06. The lowest BCUT2D eigenvalue weighted by atomic mass is 10.1. The second-order valence-electron chi connectivity index (χ2n) is 6.23. The Morgan fingerprint density at radius 3 is 2.96 bits per heavy atom. The van der Waals surface area contributed by atoms with E-state index in [2.05, 4.69) is 15.3 Å². The summed E-state index contributed by atoms with van der Waals surface area (Å²) in [5, 5.41) is 8.89. The van der Waals surface area contributed by atoms with E-state index in [4.69, 9.17) is 11.6 Å². The molecule has 0 radical (unpaired) electrons. The van der Waals surface area contributed by atoms with E-state index in [9.17, 15) is 4.79 Å². The smallest absolute Gasteiger partial charge is 0.268 e. The molecule has 0 saturated heterocycles. The molecule has 3 heterocycles. The van der Waals surface area contributed by atoms with Gasteiger partial charge in [0.05, 0.1) is 16.9 Å². The predicted molar refractivity (Wildman–Crippen MR) is 87.9 cm³/mol. The van der Waals surface area contributed by atoms with Crippen molar-refractivity contribution in [3.63, 3.8) is 0 Å². The first-order valence-corrected chi connectivity index (χ1v) is 8.18. The zero-order chi connectivity index (χ0) is 16.4. The lowest BCUT2D eigenvalue weighted by molar-refractivity contribution is -0.685. The topological polar surface area (TPSA) is 67.8 Å². The van der Waals surface area contributed by atoms with Gasteiger partial charge in [0.15, 0.2) is 5.69 Å². The second-order valence-corrected chi connectivity index (χ2v) is 6.64. The Morgan fingerprint density at radius 2 is 2.17 bits per heavy atom. The molecule has 1 fully saturated rings. The first-order valence-electron chi connectivity index (χ1n) is 7.80. The van der Waals surface area contributed by atoms with Crippen LogP contribution in [0.4, 0.5) is 5.69 Å². The Bertz CT molecular complexity index is 942.